The molecule has 0 aliphatic heterocycles. The number of rotatable bonds is 2. The van der Waals surface area contributed by atoms with Crippen molar-refractivity contribution in [2.45, 2.75) is 6.92 Å². The van der Waals surface area contributed by atoms with E-state index in [0.717, 1.165) is 11.1 Å². The minimum atomic E-state index is 0.415. The van der Waals surface area contributed by atoms with Crippen LogP contribution in [-0.4, -0.2) is 4.98 Å². The average Bonchev–Trinajstić information content (AvgIpc) is 2.40. The van der Waals surface area contributed by atoms with Crippen LogP contribution in [0.3, 0.4) is 0 Å². The van der Waals surface area contributed by atoms with Crippen LogP contribution >= 0.6 is 11.6 Å². The quantitative estimate of drug-likeness (QED) is 0.850. The topological polar surface area (TPSA) is 62.7 Å². The number of nitriles is 1. The van der Waals surface area contributed by atoms with Crippen LogP contribution in [0.5, 0.6) is 0 Å². The van der Waals surface area contributed by atoms with Gasteiger partial charge in [0.1, 0.15) is 6.07 Å². The highest BCUT2D eigenvalue weighted by Crippen LogP contribution is 2.25. The molecule has 2 N–H and O–H groups in total. The zero-order valence-electron chi connectivity index (χ0n) is 10.4. The van der Waals surface area contributed by atoms with Crippen molar-refractivity contribution < 1.29 is 0 Å². The van der Waals surface area contributed by atoms with Crippen LogP contribution in [0.4, 0.5) is 0 Å². The fourth-order valence-electron chi connectivity index (χ4n) is 1.85. The second-order valence-corrected chi connectivity index (χ2v) is 4.54. The summed E-state index contributed by atoms with van der Waals surface area (Å²) in [4.78, 5) is 4.00. The van der Waals surface area contributed by atoms with Gasteiger partial charge in [0, 0.05) is 28.5 Å². The highest BCUT2D eigenvalue weighted by atomic mass is 35.5. The molecule has 19 heavy (non-hydrogen) atoms. The molecular formula is C15H12ClN3. The molecule has 94 valence electrons. The fourth-order valence-corrected chi connectivity index (χ4v) is 2.08. The Morgan fingerprint density at radius 1 is 1.37 bits per heavy atom. The van der Waals surface area contributed by atoms with E-state index in [1.165, 1.54) is 0 Å². The van der Waals surface area contributed by atoms with E-state index < -0.39 is 0 Å². The van der Waals surface area contributed by atoms with Crippen molar-refractivity contribution >= 4 is 22.9 Å². The third-order valence-electron chi connectivity index (χ3n) is 2.81. The minimum Gasteiger partial charge on any atom is -0.397 e. The molecule has 0 spiro atoms. The first-order valence-electron chi connectivity index (χ1n) is 5.70. The van der Waals surface area contributed by atoms with Gasteiger partial charge < -0.3 is 5.73 Å². The Labute approximate surface area is 117 Å². The first-order chi connectivity index (χ1) is 9.13. The van der Waals surface area contributed by atoms with E-state index >= 15 is 0 Å². The molecule has 0 aliphatic carbocycles. The first-order valence-corrected chi connectivity index (χ1v) is 6.08. The minimum absolute atomic E-state index is 0.415. The van der Waals surface area contributed by atoms with E-state index in [1.807, 2.05) is 25.1 Å². The Bertz CT molecular complexity index is 670. The largest absolute Gasteiger partial charge is 0.397 e. The highest BCUT2D eigenvalue weighted by molar-refractivity contribution is 6.30. The number of benzene rings is 1. The van der Waals surface area contributed by atoms with Gasteiger partial charge >= 0.3 is 0 Å². The Kier molecular flexibility index (Phi) is 3.84. The zero-order valence-corrected chi connectivity index (χ0v) is 11.1. The fraction of sp³-hybridized carbons (Fsp3) is 0.0667. The molecule has 0 saturated heterocycles. The van der Waals surface area contributed by atoms with Crippen molar-refractivity contribution in [3.8, 4) is 6.07 Å². The Morgan fingerprint density at radius 3 is 2.74 bits per heavy atom. The van der Waals surface area contributed by atoms with Gasteiger partial charge in [-0.15, -0.1) is 0 Å². The summed E-state index contributed by atoms with van der Waals surface area (Å²) in [6, 6.07) is 11.1. The zero-order chi connectivity index (χ0) is 13.8. The maximum Gasteiger partial charge on any atom is 0.102 e. The van der Waals surface area contributed by atoms with Gasteiger partial charge in [-0.2, -0.15) is 5.26 Å². The summed E-state index contributed by atoms with van der Waals surface area (Å²) in [5.74, 6) is 0. The maximum atomic E-state index is 9.31. The lowest BCUT2D eigenvalue weighted by atomic mass is 9.99. The molecule has 0 saturated carbocycles. The molecule has 2 rings (SSSR count). The molecule has 0 amide bonds. The van der Waals surface area contributed by atoms with E-state index in [4.69, 9.17) is 17.3 Å². The van der Waals surface area contributed by atoms with E-state index in [9.17, 15) is 5.26 Å². The van der Waals surface area contributed by atoms with Crippen molar-refractivity contribution in [2.75, 3.05) is 0 Å². The predicted molar refractivity (Wildman–Crippen MR) is 77.0 cm³/mol. The van der Waals surface area contributed by atoms with Gasteiger partial charge in [-0.05, 0) is 30.7 Å². The lowest BCUT2D eigenvalue weighted by molar-refractivity contribution is 1.31. The number of aryl methyl sites for hydroxylation is 1. The van der Waals surface area contributed by atoms with Crippen LogP contribution in [0.15, 0.2) is 42.7 Å². The summed E-state index contributed by atoms with van der Waals surface area (Å²) < 4.78 is 0. The lowest BCUT2D eigenvalue weighted by Gasteiger charge is -2.09. The van der Waals surface area contributed by atoms with Gasteiger partial charge in [-0.25, -0.2) is 0 Å². The normalized spacial score (nSPS) is 11.6. The molecule has 0 unspecified atom stereocenters. The van der Waals surface area contributed by atoms with Crippen molar-refractivity contribution in [3.05, 3.63) is 64.4 Å². The summed E-state index contributed by atoms with van der Waals surface area (Å²) in [6.07, 6.45) is 3.28. The molecule has 0 aliphatic rings. The predicted octanol–water partition coefficient (Wildman–Crippen LogP) is 3.39. The highest BCUT2D eigenvalue weighted by Gasteiger charge is 2.10. The third kappa shape index (κ3) is 2.75. The monoisotopic (exact) mass is 269 g/mol. The molecule has 2 aromatic rings. The summed E-state index contributed by atoms with van der Waals surface area (Å²) >= 11 is 5.92. The van der Waals surface area contributed by atoms with Gasteiger partial charge in [0.05, 0.1) is 11.3 Å². The van der Waals surface area contributed by atoms with Gasteiger partial charge in [-0.1, -0.05) is 23.7 Å². The van der Waals surface area contributed by atoms with Gasteiger partial charge in [-0.3, -0.25) is 4.98 Å². The summed E-state index contributed by atoms with van der Waals surface area (Å²) in [5, 5.41) is 9.96. The number of nitrogens with zero attached hydrogens (tertiary/aromatic N) is 2. The maximum absolute atomic E-state index is 9.31. The van der Waals surface area contributed by atoms with E-state index in [2.05, 4.69) is 11.1 Å². The van der Waals surface area contributed by atoms with Crippen LogP contribution in [0.25, 0.3) is 11.3 Å². The average molecular weight is 270 g/mol. The smallest absolute Gasteiger partial charge is 0.102 e. The lowest BCUT2D eigenvalue weighted by Crippen LogP contribution is -2.02. The van der Waals surface area contributed by atoms with Crippen LogP contribution in [0.2, 0.25) is 5.02 Å². The van der Waals surface area contributed by atoms with Crippen LogP contribution in [-0.2, 0) is 0 Å². The van der Waals surface area contributed by atoms with E-state index in [1.54, 1.807) is 24.5 Å². The van der Waals surface area contributed by atoms with Crippen LogP contribution < -0.4 is 5.73 Å². The molecular weight excluding hydrogens is 258 g/mol. The number of aromatic nitrogens is 1. The summed E-state index contributed by atoms with van der Waals surface area (Å²) in [5.41, 5.74) is 9.42. The Morgan fingerprint density at radius 2 is 2.16 bits per heavy atom. The number of halogens is 1. The molecule has 1 aromatic heterocycles. The molecule has 0 bridgehead atoms. The first kappa shape index (κ1) is 13.1. The SMILES string of the molecule is Cc1cc(Cl)ccc1/C(N)=C(/C#N)c1cccnc1. The number of hydrogen-bond acceptors (Lipinski definition) is 3. The molecule has 4 heteroatoms. The van der Waals surface area contributed by atoms with Crippen molar-refractivity contribution in [2.24, 2.45) is 5.73 Å². The standard InChI is InChI=1S/C15H12ClN3/c1-10-7-12(16)4-5-13(10)15(18)14(8-17)11-3-2-6-19-9-11/h2-7,9H,18H2,1H3/b15-14+. The molecule has 1 aromatic carbocycles. The van der Waals surface area contributed by atoms with Crippen molar-refractivity contribution in [1.29, 1.82) is 5.26 Å². The second kappa shape index (κ2) is 5.55. The second-order valence-electron chi connectivity index (χ2n) is 4.10. The molecule has 0 atom stereocenters. The van der Waals surface area contributed by atoms with Gasteiger partial charge in [0.2, 0.25) is 0 Å². The number of allylic oxidation sites excluding steroid dienone is 1. The Hall–Kier alpha value is -2.31. The van der Waals surface area contributed by atoms with Crippen LogP contribution in [0.1, 0.15) is 16.7 Å². The molecule has 3 nitrogen and oxygen atoms in total. The van der Waals surface area contributed by atoms with Crippen molar-refractivity contribution in [3.63, 3.8) is 0 Å². The third-order valence-corrected chi connectivity index (χ3v) is 3.05. The van der Waals surface area contributed by atoms with E-state index in [0.29, 0.717) is 21.9 Å². The van der Waals surface area contributed by atoms with E-state index in [-0.39, 0.29) is 0 Å². The van der Waals surface area contributed by atoms with Crippen molar-refractivity contribution in [1.82, 2.24) is 4.98 Å². The van der Waals surface area contributed by atoms with Crippen LogP contribution in [0, 0.1) is 18.3 Å². The molecule has 1 heterocycles. The number of pyridine rings is 1. The number of hydrogen-bond donors (Lipinski definition) is 1. The molecule has 0 fully saturated rings. The molecule has 0 radical (unpaired) electrons. The summed E-state index contributed by atoms with van der Waals surface area (Å²) in [6.45, 7) is 1.91. The van der Waals surface area contributed by atoms with Gasteiger partial charge in [0.25, 0.3) is 0 Å². The van der Waals surface area contributed by atoms with Gasteiger partial charge in [0.15, 0.2) is 0 Å². The Balaban J connectivity index is 2.59. The number of nitrogens with two attached hydrogens (primary N) is 1. The summed E-state index contributed by atoms with van der Waals surface area (Å²) in [7, 11) is 0.